The molecule has 0 aliphatic carbocycles. The average molecular weight is 155 g/mol. The van der Waals surface area contributed by atoms with Crippen LogP contribution in [0.15, 0.2) is 6.33 Å². The molecule has 0 aromatic carbocycles. The molecule has 0 saturated carbocycles. The van der Waals surface area contributed by atoms with Crippen LogP contribution in [0.4, 0.5) is 10.2 Å². The second-order valence-electron chi connectivity index (χ2n) is 2.49. The number of nitrogens with zero attached hydrogens (tertiary/aromatic N) is 3. The number of aryl methyl sites for hydroxylation is 1. The molecule has 1 heterocycles. The number of hydrogen-bond acceptors (Lipinski definition) is 3. The van der Waals surface area contributed by atoms with Crippen LogP contribution in [0.25, 0.3) is 0 Å². The molecule has 0 amide bonds. The van der Waals surface area contributed by atoms with Gasteiger partial charge in [0.15, 0.2) is 11.6 Å². The van der Waals surface area contributed by atoms with E-state index in [0.29, 0.717) is 11.5 Å². The summed E-state index contributed by atoms with van der Waals surface area (Å²) in [5.41, 5.74) is 0.378. The molecule has 0 aliphatic rings. The minimum Gasteiger partial charge on any atom is -0.360 e. The molecule has 0 aliphatic heterocycles. The number of halogens is 1. The summed E-state index contributed by atoms with van der Waals surface area (Å²) in [5.74, 6) is -0.0185. The van der Waals surface area contributed by atoms with E-state index in [1.165, 1.54) is 6.33 Å². The zero-order valence-corrected chi connectivity index (χ0v) is 6.80. The van der Waals surface area contributed by atoms with Crippen LogP contribution < -0.4 is 4.90 Å². The van der Waals surface area contributed by atoms with Crippen LogP contribution >= 0.6 is 0 Å². The summed E-state index contributed by atoms with van der Waals surface area (Å²) < 4.78 is 13.1. The topological polar surface area (TPSA) is 29.0 Å². The van der Waals surface area contributed by atoms with Crippen molar-refractivity contribution < 1.29 is 4.39 Å². The van der Waals surface area contributed by atoms with Crippen molar-refractivity contribution in [1.29, 1.82) is 0 Å². The molecule has 1 rings (SSSR count). The molecular weight excluding hydrogens is 145 g/mol. The Bertz CT molecular complexity index is 260. The fraction of sp³-hybridized carbons (Fsp3) is 0.429. The molecule has 1 aromatic heterocycles. The van der Waals surface area contributed by atoms with Gasteiger partial charge in [0.2, 0.25) is 0 Å². The van der Waals surface area contributed by atoms with E-state index in [1.54, 1.807) is 25.9 Å². The van der Waals surface area contributed by atoms with Gasteiger partial charge in [-0.25, -0.2) is 14.4 Å². The summed E-state index contributed by atoms with van der Waals surface area (Å²) in [4.78, 5) is 9.10. The van der Waals surface area contributed by atoms with Crippen molar-refractivity contribution >= 4 is 5.82 Å². The zero-order valence-electron chi connectivity index (χ0n) is 6.80. The highest BCUT2D eigenvalue weighted by Crippen LogP contribution is 2.13. The Morgan fingerprint density at radius 2 is 2.00 bits per heavy atom. The van der Waals surface area contributed by atoms with E-state index in [9.17, 15) is 4.39 Å². The molecule has 0 unspecified atom stereocenters. The van der Waals surface area contributed by atoms with Crippen LogP contribution in [0.1, 0.15) is 5.69 Å². The summed E-state index contributed by atoms with van der Waals surface area (Å²) >= 11 is 0. The van der Waals surface area contributed by atoms with Gasteiger partial charge in [0.1, 0.15) is 6.33 Å². The Kier molecular flexibility index (Phi) is 2.03. The second-order valence-corrected chi connectivity index (χ2v) is 2.49. The lowest BCUT2D eigenvalue weighted by Crippen LogP contribution is -2.13. The molecule has 0 bridgehead atoms. The fourth-order valence-electron chi connectivity index (χ4n) is 0.757. The summed E-state index contributed by atoms with van der Waals surface area (Å²) in [6.45, 7) is 1.62. The third-order valence-corrected chi connectivity index (χ3v) is 1.37. The normalized spacial score (nSPS) is 9.82. The second kappa shape index (κ2) is 2.82. The maximum Gasteiger partial charge on any atom is 0.186 e. The van der Waals surface area contributed by atoms with Crippen molar-refractivity contribution in [1.82, 2.24) is 9.97 Å². The predicted octanol–water partition coefficient (Wildman–Crippen LogP) is 0.990. The van der Waals surface area contributed by atoms with Gasteiger partial charge < -0.3 is 4.90 Å². The van der Waals surface area contributed by atoms with Gasteiger partial charge >= 0.3 is 0 Å². The molecule has 0 spiro atoms. The van der Waals surface area contributed by atoms with Crippen molar-refractivity contribution in [2.75, 3.05) is 19.0 Å². The predicted molar refractivity (Wildman–Crippen MR) is 41.1 cm³/mol. The Labute approximate surface area is 64.9 Å². The molecule has 4 heteroatoms. The standard InChI is InChI=1S/C7H10FN3/c1-5-6(8)7(11(2)3)10-4-9-5/h4H,1-3H3. The van der Waals surface area contributed by atoms with Crippen molar-refractivity contribution in [3.63, 3.8) is 0 Å². The minimum absolute atomic E-state index is 0.331. The highest BCUT2D eigenvalue weighted by molar-refractivity contribution is 5.38. The van der Waals surface area contributed by atoms with Crippen LogP contribution in [-0.4, -0.2) is 24.1 Å². The van der Waals surface area contributed by atoms with Gasteiger partial charge in [0.25, 0.3) is 0 Å². The summed E-state index contributed by atoms with van der Waals surface area (Å²) in [5, 5.41) is 0. The van der Waals surface area contributed by atoms with Crippen molar-refractivity contribution in [2.45, 2.75) is 6.92 Å². The summed E-state index contributed by atoms with van der Waals surface area (Å²) in [6, 6.07) is 0. The van der Waals surface area contributed by atoms with E-state index in [0.717, 1.165) is 0 Å². The first-order valence-corrected chi connectivity index (χ1v) is 3.27. The molecule has 0 N–H and O–H groups in total. The Balaban J connectivity index is 3.17. The van der Waals surface area contributed by atoms with Gasteiger partial charge in [-0.15, -0.1) is 0 Å². The SMILES string of the molecule is Cc1ncnc(N(C)C)c1F. The molecule has 0 saturated heterocycles. The first kappa shape index (κ1) is 7.91. The van der Waals surface area contributed by atoms with Gasteiger partial charge in [-0.3, -0.25) is 0 Å². The van der Waals surface area contributed by atoms with Crippen LogP contribution in [0, 0.1) is 12.7 Å². The van der Waals surface area contributed by atoms with Crippen LogP contribution in [0.2, 0.25) is 0 Å². The van der Waals surface area contributed by atoms with Crippen molar-refractivity contribution in [3.8, 4) is 0 Å². The lowest BCUT2D eigenvalue weighted by molar-refractivity contribution is 0.600. The van der Waals surface area contributed by atoms with Gasteiger partial charge in [0, 0.05) is 14.1 Å². The smallest absolute Gasteiger partial charge is 0.186 e. The molecule has 0 atom stereocenters. The van der Waals surface area contributed by atoms with E-state index < -0.39 is 0 Å². The van der Waals surface area contributed by atoms with E-state index in [4.69, 9.17) is 0 Å². The van der Waals surface area contributed by atoms with E-state index in [2.05, 4.69) is 9.97 Å². The Morgan fingerprint density at radius 3 is 2.45 bits per heavy atom. The highest BCUT2D eigenvalue weighted by atomic mass is 19.1. The highest BCUT2D eigenvalue weighted by Gasteiger charge is 2.07. The van der Waals surface area contributed by atoms with Crippen molar-refractivity contribution in [2.24, 2.45) is 0 Å². The molecule has 1 aromatic rings. The van der Waals surface area contributed by atoms with Gasteiger partial charge in [0.05, 0.1) is 5.69 Å². The molecule has 0 fully saturated rings. The average Bonchev–Trinajstić information content (AvgIpc) is 1.94. The van der Waals surface area contributed by atoms with E-state index in [1.807, 2.05) is 0 Å². The summed E-state index contributed by atoms with van der Waals surface area (Å²) in [6.07, 6.45) is 1.35. The van der Waals surface area contributed by atoms with E-state index in [-0.39, 0.29) is 5.82 Å². The third kappa shape index (κ3) is 1.45. The maximum atomic E-state index is 13.1. The van der Waals surface area contributed by atoms with Gasteiger partial charge in [-0.2, -0.15) is 0 Å². The molecular formula is C7H10FN3. The third-order valence-electron chi connectivity index (χ3n) is 1.37. The lowest BCUT2D eigenvalue weighted by atomic mass is 10.4. The number of anilines is 1. The van der Waals surface area contributed by atoms with Crippen LogP contribution in [0.3, 0.4) is 0 Å². The number of rotatable bonds is 1. The van der Waals surface area contributed by atoms with Gasteiger partial charge in [-0.1, -0.05) is 0 Å². The van der Waals surface area contributed by atoms with Crippen molar-refractivity contribution in [3.05, 3.63) is 17.8 Å². The van der Waals surface area contributed by atoms with E-state index >= 15 is 0 Å². The number of aromatic nitrogens is 2. The van der Waals surface area contributed by atoms with Gasteiger partial charge in [-0.05, 0) is 6.92 Å². The monoisotopic (exact) mass is 155 g/mol. The Morgan fingerprint density at radius 1 is 1.36 bits per heavy atom. The van der Waals surface area contributed by atoms with Crippen LogP contribution in [0.5, 0.6) is 0 Å². The maximum absolute atomic E-state index is 13.1. The summed E-state index contributed by atoms with van der Waals surface area (Å²) in [7, 11) is 3.48. The molecule has 0 radical (unpaired) electrons. The first-order chi connectivity index (χ1) is 5.13. The fourth-order valence-corrected chi connectivity index (χ4v) is 0.757. The largest absolute Gasteiger partial charge is 0.360 e. The minimum atomic E-state index is -0.350. The first-order valence-electron chi connectivity index (χ1n) is 3.27. The van der Waals surface area contributed by atoms with Crippen LogP contribution in [-0.2, 0) is 0 Å². The zero-order chi connectivity index (χ0) is 8.43. The number of hydrogen-bond donors (Lipinski definition) is 0. The molecule has 11 heavy (non-hydrogen) atoms. The molecule has 3 nitrogen and oxygen atoms in total. The quantitative estimate of drug-likeness (QED) is 0.605. The Hall–Kier alpha value is -1.19. The lowest BCUT2D eigenvalue weighted by Gasteiger charge is -2.11. The molecule has 60 valence electrons.